The van der Waals surface area contributed by atoms with Gasteiger partial charge in [-0.3, -0.25) is 0 Å². The summed E-state index contributed by atoms with van der Waals surface area (Å²) in [5, 5.41) is 9.28. The van der Waals surface area contributed by atoms with Crippen molar-refractivity contribution in [1.29, 1.82) is 0 Å². The maximum absolute atomic E-state index is 10.6. The highest BCUT2D eigenvalue weighted by Crippen LogP contribution is 2.28. The molecule has 1 aromatic heterocycles. The summed E-state index contributed by atoms with van der Waals surface area (Å²) in [6, 6.07) is 3.17. The number of carboxylic acids is 1. The van der Waals surface area contributed by atoms with Gasteiger partial charge in [-0.25, -0.2) is 9.78 Å². The standard InChI is InChI=1S/C7H7NO2S2/c1-11-12-6-5(7(9)10)3-2-4-8-6/h2-4H,1H3,(H,9,10). The van der Waals surface area contributed by atoms with Crippen molar-refractivity contribution in [2.24, 2.45) is 0 Å². The molecule has 0 saturated carbocycles. The zero-order chi connectivity index (χ0) is 8.97. The van der Waals surface area contributed by atoms with Crippen LogP contribution in [0.25, 0.3) is 0 Å². The van der Waals surface area contributed by atoms with E-state index in [0.717, 1.165) is 0 Å². The van der Waals surface area contributed by atoms with E-state index in [-0.39, 0.29) is 5.56 Å². The van der Waals surface area contributed by atoms with Gasteiger partial charge in [0.15, 0.2) is 0 Å². The molecule has 0 unspecified atom stereocenters. The van der Waals surface area contributed by atoms with Gasteiger partial charge in [0.25, 0.3) is 0 Å². The number of rotatable bonds is 3. The molecule has 0 amide bonds. The minimum atomic E-state index is -0.931. The van der Waals surface area contributed by atoms with Crippen molar-refractivity contribution in [3.8, 4) is 0 Å². The van der Waals surface area contributed by atoms with Crippen LogP contribution < -0.4 is 0 Å². The zero-order valence-corrected chi connectivity index (χ0v) is 7.98. The second-order valence-corrected chi connectivity index (χ2v) is 4.30. The average Bonchev–Trinajstić information content (AvgIpc) is 2.05. The number of hydrogen-bond donors (Lipinski definition) is 1. The molecule has 0 atom stereocenters. The first-order valence-electron chi connectivity index (χ1n) is 3.14. The van der Waals surface area contributed by atoms with Crippen molar-refractivity contribution in [3.05, 3.63) is 23.9 Å². The molecule has 3 nitrogen and oxygen atoms in total. The lowest BCUT2D eigenvalue weighted by Gasteiger charge is -1.99. The molecule has 0 aromatic carbocycles. The van der Waals surface area contributed by atoms with Crippen molar-refractivity contribution in [2.75, 3.05) is 6.26 Å². The first kappa shape index (κ1) is 9.41. The van der Waals surface area contributed by atoms with Gasteiger partial charge in [0.05, 0.1) is 5.56 Å². The Labute approximate surface area is 78.0 Å². The third-order valence-corrected chi connectivity index (χ3v) is 2.79. The fraction of sp³-hybridized carbons (Fsp3) is 0.143. The molecular formula is C7H7NO2S2. The topological polar surface area (TPSA) is 50.2 Å². The van der Waals surface area contributed by atoms with Crippen molar-refractivity contribution < 1.29 is 9.90 Å². The van der Waals surface area contributed by atoms with Gasteiger partial charge in [-0.2, -0.15) is 0 Å². The summed E-state index contributed by atoms with van der Waals surface area (Å²) in [6.45, 7) is 0. The lowest BCUT2D eigenvalue weighted by atomic mass is 10.3. The van der Waals surface area contributed by atoms with Crippen molar-refractivity contribution in [1.82, 2.24) is 4.98 Å². The van der Waals surface area contributed by atoms with Gasteiger partial charge in [-0.05, 0) is 29.2 Å². The maximum Gasteiger partial charge on any atom is 0.338 e. The minimum Gasteiger partial charge on any atom is -0.478 e. The van der Waals surface area contributed by atoms with Gasteiger partial charge in [-0.15, -0.1) is 0 Å². The van der Waals surface area contributed by atoms with E-state index in [9.17, 15) is 4.79 Å². The average molecular weight is 201 g/mol. The van der Waals surface area contributed by atoms with E-state index in [2.05, 4.69) is 4.98 Å². The fourth-order valence-electron chi connectivity index (χ4n) is 0.699. The highest BCUT2D eigenvalue weighted by molar-refractivity contribution is 8.76. The predicted molar refractivity (Wildman–Crippen MR) is 50.6 cm³/mol. The predicted octanol–water partition coefficient (Wildman–Crippen LogP) is 2.15. The normalized spacial score (nSPS) is 9.75. The summed E-state index contributed by atoms with van der Waals surface area (Å²) in [5.41, 5.74) is 0.261. The molecule has 0 radical (unpaired) electrons. The number of carboxylic acid groups (broad SMARTS) is 1. The molecule has 0 aliphatic carbocycles. The quantitative estimate of drug-likeness (QED) is 0.759. The van der Waals surface area contributed by atoms with E-state index < -0.39 is 5.97 Å². The summed E-state index contributed by atoms with van der Waals surface area (Å²) in [5.74, 6) is -0.931. The number of aromatic carboxylic acids is 1. The Balaban J connectivity index is 3.00. The van der Waals surface area contributed by atoms with E-state index in [1.165, 1.54) is 21.6 Å². The molecule has 0 aliphatic heterocycles. The Morgan fingerprint density at radius 2 is 2.42 bits per heavy atom. The Kier molecular flexibility index (Phi) is 3.43. The second-order valence-electron chi connectivity index (χ2n) is 1.91. The Morgan fingerprint density at radius 3 is 3.00 bits per heavy atom. The van der Waals surface area contributed by atoms with Crippen LogP contribution in [0.5, 0.6) is 0 Å². The van der Waals surface area contributed by atoms with E-state index >= 15 is 0 Å². The van der Waals surface area contributed by atoms with Gasteiger partial charge >= 0.3 is 5.97 Å². The lowest BCUT2D eigenvalue weighted by Crippen LogP contribution is -1.99. The Hall–Kier alpha value is -0.680. The lowest BCUT2D eigenvalue weighted by molar-refractivity contribution is 0.0692. The molecule has 0 bridgehead atoms. The van der Waals surface area contributed by atoms with E-state index in [4.69, 9.17) is 5.11 Å². The number of nitrogens with zero attached hydrogens (tertiary/aromatic N) is 1. The number of pyridine rings is 1. The summed E-state index contributed by atoms with van der Waals surface area (Å²) in [4.78, 5) is 14.6. The van der Waals surface area contributed by atoms with Gasteiger partial charge < -0.3 is 5.11 Å². The summed E-state index contributed by atoms with van der Waals surface area (Å²) in [6.07, 6.45) is 3.47. The highest BCUT2D eigenvalue weighted by atomic mass is 33.1. The number of carbonyl (C=O) groups is 1. The van der Waals surface area contributed by atoms with Crippen LogP contribution in [0.1, 0.15) is 10.4 Å². The smallest absolute Gasteiger partial charge is 0.338 e. The van der Waals surface area contributed by atoms with Crippen molar-refractivity contribution >= 4 is 27.6 Å². The molecule has 0 spiro atoms. The minimum absolute atomic E-state index is 0.261. The van der Waals surface area contributed by atoms with Crippen molar-refractivity contribution in [2.45, 2.75) is 5.03 Å². The maximum atomic E-state index is 10.6. The van der Waals surface area contributed by atoms with Crippen LogP contribution >= 0.6 is 21.6 Å². The molecule has 1 aromatic rings. The SMILES string of the molecule is CSSc1ncccc1C(=O)O. The highest BCUT2D eigenvalue weighted by Gasteiger charge is 2.09. The molecule has 0 saturated heterocycles. The van der Waals surface area contributed by atoms with Gasteiger partial charge in [0, 0.05) is 6.20 Å². The summed E-state index contributed by atoms with van der Waals surface area (Å²) >= 11 is 0. The van der Waals surface area contributed by atoms with Crippen LogP contribution in [0, 0.1) is 0 Å². The number of aromatic nitrogens is 1. The molecule has 0 aliphatic rings. The monoisotopic (exact) mass is 201 g/mol. The van der Waals surface area contributed by atoms with Gasteiger partial charge in [0.2, 0.25) is 0 Å². The molecule has 5 heteroatoms. The first-order chi connectivity index (χ1) is 5.75. The van der Waals surface area contributed by atoms with Crippen LogP contribution in [0.3, 0.4) is 0 Å². The zero-order valence-electron chi connectivity index (χ0n) is 6.35. The van der Waals surface area contributed by atoms with Crippen molar-refractivity contribution in [3.63, 3.8) is 0 Å². The third kappa shape index (κ3) is 2.15. The Morgan fingerprint density at radius 1 is 1.67 bits per heavy atom. The van der Waals surface area contributed by atoms with Crippen LogP contribution in [0.15, 0.2) is 23.4 Å². The third-order valence-electron chi connectivity index (χ3n) is 1.16. The molecule has 1 rings (SSSR count). The second kappa shape index (κ2) is 4.37. The summed E-state index contributed by atoms with van der Waals surface area (Å²) in [7, 11) is 2.83. The van der Waals surface area contributed by atoms with Crippen LogP contribution in [0.4, 0.5) is 0 Å². The molecule has 1 heterocycles. The number of hydrogen-bond acceptors (Lipinski definition) is 4. The fourth-order valence-corrected chi connectivity index (χ4v) is 2.08. The largest absolute Gasteiger partial charge is 0.478 e. The summed E-state index contributed by atoms with van der Waals surface area (Å²) < 4.78 is 0. The van der Waals surface area contributed by atoms with Crippen LogP contribution in [0.2, 0.25) is 0 Å². The molecule has 64 valence electrons. The van der Waals surface area contributed by atoms with E-state index in [0.29, 0.717) is 5.03 Å². The molecule has 1 N–H and O–H groups in total. The molecule has 12 heavy (non-hydrogen) atoms. The van der Waals surface area contributed by atoms with Crippen LogP contribution in [-0.4, -0.2) is 22.3 Å². The molecular weight excluding hydrogens is 194 g/mol. The van der Waals surface area contributed by atoms with Gasteiger partial charge in [-0.1, -0.05) is 10.8 Å². The Bertz CT molecular complexity index is 290. The van der Waals surface area contributed by atoms with Gasteiger partial charge in [0.1, 0.15) is 5.03 Å². The first-order valence-corrected chi connectivity index (χ1v) is 5.70. The van der Waals surface area contributed by atoms with E-state index in [1.54, 1.807) is 18.3 Å². The van der Waals surface area contributed by atoms with E-state index in [1.807, 2.05) is 6.26 Å². The van der Waals surface area contributed by atoms with Crippen LogP contribution in [-0.2, 0) is 0 Å². The molecule has 0 fully saturated rings.